The summed E-state index contributed by atoms with van der Waals surface area (Å²) in [4.78, 5) is 21.7. The molecule has 1 atom stereocenters. The van der Waals surface area contributed by atoms with Gasteiger partial charge in [0.2, 0.25) is 0 Å². The Labute approximate surface area is 86.4 Å². The number of carbonyl (C=O) groups excluding carboxylic acids is 1. The monoisotopic (exact) mass is 209 g/mol. The first-order chi connectivity index (χ1) is 7.00. The highest BCUT2D eigenvalue weighted by molar-refractivity contribution is 5.95. The molecule has 0 bridgehead atoms. The van der Waals surface area contributed by atoms with Crippen LogP contribution in [-0.4, -0.2) is 28.2 Å². The van der Waals surface area contributed by atoms with E-state index in [1.54, 1.807) is 6.07 Å². The lowest BCUT2D eigenvalue weighted by Crippen LogP contribution is -2.24. The van der Waals surface area contributed by atoms with Gasteiger partial charge in [-0.1, -0.05) is 6.07 Å². The minimum absolute atomic E-state index is 0.0818. The molecule has 0 aliphatic carbocycles. The highest BCUT2D eigenvalue weighted by Crippen LogP contribution is 2.10. The maximum Gasteiger partial charge on any atom is 0.335 e. The molecule has 0 spiro atoms. The number of rotatable bonds is 3. The van der Waals surface area contributed by atoms with Crippen LogP contribution in [0.15, 0.2) is 24.3 Å². The average Bonchev–Trinajstić information content (AvgIpc) is 2.18. The molecule has 0 aliphatic rings. The average molecular weight is 209 g/mol. The number of aliphatic hydroxyl groups is 1. The van der Waals surface area contributed by atoms with E-state index >= 15 is 0 Å². The highest BCUT2D eigenvalue weighted by Gasteiger charge is 2.09. The summed E-state index contributed by atoms with van der Waals surface area (Å²) >= 11 is 0. The zero-order valence-electron chi connectivity index (χ0n) is 8.10. The van der Waals surface area contributed by atoms with Crippen LogP contribution in [0.2, 0.25) is 0 Å². The van der Waals surface area contributed by atoms with Crippen molar-refractivity contribution in [3.05, 3.63) is 29.8 Å². The summed E-state index contributed by atoms with van der Waals surface area (Å²) in [5.74, 6) is -1.64. The molecule has 5 nitrogen and oxygen atoms in total. The molecule has 0 fully saturated rings. The van der Waals surface area contributed by atoms with Gasteiger partial charge in [0.15, 0.2) is 0 Å². The highest BCUT2D eigenvalue weighted by atomic mass is 16.4. The molecule has 3 N–H and O–H groups in total. The van der Waals surface area contributed by atoms with Gasteiger partial charge in [0.05, 0.1) is 5.56 Å². The molecule has 1 aromatic rings. The standard InChI is InChI=1S/C10H11NO4/c1-6(12)9(13)11-8-4-2-3-7(5-8)10(14)15/h2-6,12H,1H3,(H,11,13)(H,14,15). The number of carbonyl (C=O) groups is 2. The molecule has 15 heavy (non-hydrogen) atoms. The molecular formula is C10H11NO4. The first-order valence-electron chi connectivity index (χ1n) is 4.33. The van der Waals surface area contributed by atoms with Gasteiger partial charge < -0.3 is 15.5 Å². The number of benzene rings is 1. The number of anilines is 1. The molecule has 80 valence electrons. The molecule has 0 heterocycles. The molecular weight excluding hydrogens is 198 g/mol. The Morgan fingerprint density at radius 1 is 1.40 bits per heavy atom. The molecule has 0 aromatic heterocycles. The summed E-state index contributed by atoms with van der Waals surface area (Å²) in [5, 5.41) is 20.0. The lowest BCUT2D eigenvalue weighted by molar-refractivity contribution is -0.123. The van der Waals surface area contributed by atoms with Crippen molar-refractivity contribution in [3.8, 4) is 0 Å². The van der Waals surface area contributed by atoms with E-state index in [4.69, 9.17) is 10.2 Å². The van der Waals surface area contributed by atoms with Gasteiger partial charge in [-0.05, 0) is 25.1 Å². The van der Waals surface area contributed by atoms with E-state index in [9.17, 15) is 9.59 Å². The molecule has 0 radical (unpaired) electrons. The summed E-state index contributed by atoms with van der Waals surface area (Å²) in [6.07, 6.45) is -1.13. The fourth-order valence-electron chi connectivity index (χ4n) is 0.977. The molecule has 5 heteroatoms. The quantitative estimate of drug-likeness (QED) is 0.684. The Hall–Kier alpha value is -1.88. The number of carboxylic acid groups (broad SMARTS) is 1. The minimum Gasteiger partial charge on any atom is -0.478 e. The number of nitrogens with one attached hydrogen (secondary N) is 1. The number of amides is 1. The van der Waals surface area contributed by atoms with Crippen molar-refractivity contribution in [3.63, 3.8) is 0 Å². The molecule has 1 amide bonds. The zero-order valence-corrected chi connectivity index (χ0v) is 8.10. The predicted octanol–water partition coefficient (Wildman–Crippen LogP) is 0.704. The third kappa shape index (κ3) is 3.07. The fourth-order valence-corrected chi connectivity index (χ4v) is 0.977. The molecule has 1 rings (SSSR count). The second-order valence-electron chi connectivity index (χ2n) is 3.05. The van der Waals surface area contributed by atoms with Gasteiger partial charge in [0.1, 0.15) is 6.10 Å². The molecule has 1 unspecified atom stereocenters. The molecule has 0 saturated heterocycles. The van der Waals surface area contributed by atoms with E-state index in [0.29, 0.717) is 5.69 Å². The van der Waals surface area contributed by atoms with Crippen molar-refractivity contribution in [2.24, 2.45) is 0 Å². The Balaban J connectivity index is 2.83. The second-order valence-corrected chi connectivity index (χ2v) is 3.05. The topological polar surface area (TPSA) is 86.6 Å². The van der Waals surface area contributed by atoms with Crippen LogP contribution >= 0.6 is 0 Å². The number of hydrogen-bond acceptors (Lipinski definition) is 3. The van der Waals surface area contributed by atoms with Crippen LogP contribution in [0.4, 0.5) is 5.69 Å². The van der Waals surface area contributed by atoms with Gasteiger partial charge in [-0.2, -0.15) is 0 Å². The first kappa shape index (κ1) is 11.2. The molecule has 1 aromatic carbocycles. The van der Waals surface area contributed by atoms with E-state index in [1.807, 2.05) is 0 Å². The van der Waals surface area contributed by atoms with Gasteiger partial charge >= 0.3 is 5.97 Å². The molecule has 0 saturated carbocycles. The Morgan fingerprint density at radius 2 is 2.07 bits per heavy atom. The Morgan fingerprint density at radius 3 is 2.60 bits per heavy atom. The van der Waals surface area contributed by atoms with E-state index in [-0.39, 0.29) is 5.56 Å². The SMILES string of the molecule is CC(O)C(=O)Nc1cccc(C(=O)O)c1. The summed E-state index contributed by atoms with van der Waals surface area (Å²) < 4.78 is 0. The van der Waals surface area contributed by atoms with Crippen molar-refractivity contribution in [2.45, 2.75) is 13.0 Å². The summed E-state index contributed by atoms with van der Waals surface area (Å²) in [5.41, 5.74) is 0.430. The number of aliphatic hydroxyl groups excluding tert-OH is 1. The second kappa shape index (κ2) is 4.56. The Kier molecular flexibility index (Phi) is 3.41. The van der Waals surface area contributed by atoms with E-state index < -0.39 is 18.0 Å². The van der Waals surface area contributed by atoms with Gasteiger partial charge in [-0.3, -0.25) is 4.79 Å². The fraction of sp³-hybridized carbons (Fsp3) is 0.200. The van der Waals surface area contributed by atoms with E-state index in [0.717, 1.165) is 0 Å². The van der Waals surface area contributed by atoms with Crippen LogP contribution in [0.25, 0.3) is 0 Å². The maximum atomic E-state index is 11.1. The summed E-state index contributed by atoms with van der Waals surface area (Å²) in [6.45, 7) is 1.33. The third-order valence-corrected chi connectivity index (χ3v) is 1.76. The van der Waals surface area contributed by atoms with Crippen molar-refractivity contribution in [1.82, 2.24) is 0 Å². The van der Waals surface area contributed by atoms with Crippen LogP contribution in [0.5, 0.6) is 0 Å². The van der Waals surface area contributed by atoms with Crippen molar-refractivity contribution >= 4 is 17.6 Å². The van der Waals surface area contributed by atoms with Crippen LogP contribution in [0.1, 0.15) is 17.3 Å². The molecule has 0 aliphatic heterocycles. The van der Waals surface area contributed by atoms with Crippen molar-refractivity contribution < 1.29 is 19.8 Å². The van der Waals surface area contributed by atoms with Crippen molar-refractivity contribution in [2.75, 3.05) is 5.32 Å². The van der Waals surface area contributed by atoms with E-state index in [2.05, 4.69) is 5.32 Å². The number of carboxylic acids is 1. The van der Waals surface area contributed by atoms with E-state index in [1.165, 1.54) is 25.1 Å². The number of aromatic carboxylic acids is 1. The largest absolute Gasteiger partial charge is 0.478 e. The normalized spacial score (nSPS) is 11.9. The zero-order chi connectivity index (χ0) is 11.4. The summed E-state index contributed by atoms with van der Waals surface area (Å²) in [6, 6.07) is 5.80. The van der Waals surface area contributed by atoms with Gasteiger partial charge in [-0.25, -0.2) is 4.79 Å². The Bertz CT molecular complexity index is 387. The van der Waals surface area contributed by atoms with Gasteiger partial charge in [-0.15, -0.1) is 0 Å². The smallest absolute Gasteiger partial charge is 0.335 e. The first-order valence-corrected chi connectivity index (χ1v) is 4.33. The van der Waals surface area contributed by atoms with Crippen molar-refractivity contribution in [1.29, 1.82) is 0 Å². The predicted molar refractivity (Wildman–Crippen MR) is 53.7 cm³/mol. The summed E-state index contributed by atoms with van der Waals surface area (Å²) in [7, 11) is 0. The van der Waals surface area contributed by atoms with Crippen LogP contribution in [0.3, 0.4) is 0 Å². The van der Waals surface area contributed by atoms with Crippen LogP contribution in [-0.2, 0) is 4.79 Å². The number of hydrogen-bond donors (Lipinski definition) is 3. The maximum absolute atomic E-state index is 11.1. The van der Waals surface area contributed by atoms with Crippen LogP contribution < -0.4 is 5.32 Å². The lowest BCUT2D eigenvalue weighted by Gasteiger charge is -2.07. The van der Waals surface area contributed by atoms with Crippen LogP contribution in [0, 0.1) is 0 Å². The lowest BCUT2D eigenvalue weighted by atomic mass is 10.2. The van der Waals surface area contributed by atoms with Gasteiger partial charge in [0.25, 0.3) is 5.91 Å². The third-order valence-electron chi connectivity index (χ3n) is 1.76. The van der Waals surface area contributed by atoms with Gasteiger partial charge in [0, 0.05) is 5.69 Å². The minimum atomic E-state index is -1.13.